The Hall–Kier alpha value is -2.76. The molecule has 1 heterocycles. The average Bonchev–Trinajstić information content (AvgIpc) is 2.93. The van der Waals surface area contributed by atoms with E-state index < -0.39 is 11.8 Å². The van der Waals surface area contributed by atoms with Crippen LogP contribution in [0, 0.1) is 0 Å². The van der Waals surface area contributed by atoms with Crippen molar-refractivity contribution in [2.24, 2.45) is 5.73 Å². The van der Waals surface area contributed by atoms with Crippen LogP contribution in [0.2, 0.25) is 0 Å². The summed E-state index contributed by atoms with van der Waals surface area (Å²) in [5, 5.41) is 0. The molecule has 0 saturated heterocycles. The van der Waals surface area contributed by atoms with E-state index in [4.69, 9.17) is 15.9 Å². The third-order valence-corrected chi connectivity index (χ3v) is 2.78. The molecule has 20 heavy (non-hydrogen) atoms. The van der Waals surface area contributed by atoms with Crippen LogP contribution in [-0.2, 0) is 11.3 Å². The highest BCUT2D eigenvalue weighted by Crippen LogP contribution is 2.15. The molecule has 2 amide bonds. The van der Waals surface area contributed by atoms with Crippen molar-refractivity contribution < 1.29 is 14.0 Å². The first-order valence-electron chi connectivity index (χ1n) is 6.02. The summed E-state index contributed by atoms with van der Waals surface area (Å²) in [6.07, 6.45) is 1.40. The number of nitrogens with zero attached hydrogens (tertiary/aromatic N) is 1. The number of hydrogen-bond donors (Lipinski definition) is 2. The molecule has 0 saturated carbocycles. The summed E-state index contributed by atoms with van der Waals surface area (Å²) in [4.78, 5) is 24.7. The second kappa shape index (κ2) is 5.92. The van der Waals surface area contributed by atoms with Gasteiger partial charge in [-0.3, -0.25) is 9.59 Å². The van der Waals surface area contributed by atoms with Gasteiger partial charge < -0.3 is 20.8 Å². The summed E-state index contributed by atoms with van der Waals surface area (Å²) < 4.78 is 5.05. The zero-order valence-electron chi connectivity index (χ0n) is 10.8. The largest absolute Gasteiger partial charge is 0.459 e. The summed E-state index contributed by atoms with van der Waals surface area (Å²) in [5.41, 5.74) is 12.3. The van der Waals surface area contributed by atoms with Crippen molar-refractivity contribution in [1.82, 2.24) is 4.90 Å². The van der Waals surface area contributed by atoms with Crippen molar-refractivity contribution in [3.63, 3.8) is 0 Å². The van der Waals surface area contributed by atoms with Crippen LogP contribution in [0.3, 0.4) is 0 Å². The lowest BCUT2D eigenvalue weighted by atomic mass is 10.1. The summed E-state index contributed by atoms with van der Waals surface area (Å²) in [7, 11) is 0. The van der Waals surface area contributed by atoms with E-state index in [-0.39, 0.29) is 18.8 Å². The molecule has 0 bridgehead atoms. The van der Waals surface area contributed by atoms with Crippen molar-refractivity contribution in [3.8, 4) is 0 Å². The molecule has 6 nitrogen and oxygen atoms in total. The van der Waals surface area contributed by atoms with E-state index in [1.54, 1.807) is 24.3 Å². The topological polar surface area (TPSA) is 103 Å². The Labute approximate surface area is 116 Å². The lowest BCUT2D eigenvalue weighted by Gasteiger charge is -2.20. The van der Waals surface area contributed by atoms with Crippen LogP contribution < -0.4 is 11.5 Å². The highest BCUT2D eigenvalue weighted by atomic mass is 16.3. The van der Waals surface area contributed by atoms with Gasteiger partial charge in [-0.2, -0.15) is 0 Å². The third kappa shape index (κ3) is 3.17. The van der Waals surface area contributed by atoms with E-state index >= 15 is 0 Å². The molecular formula is C14H15N3O3. The van der Waals surface area contributed by atoms with E-state index in [1.807, 2.05) is 6.07 Å². The van der Waals surface area contributed by atoms with Crippen molar-refractivity contribution in [2.75, 3.05) is 12.3 Å². The molecule has 0 fully saturated rings. The van der Waals surface area contributed by atoms with E-state index in [0.29, 0.717) is 5.69 Å². The maximum atomic E-state index is 12.2. The van der Waals surface area contributed by atoms with Gasteiger partial charge in [0.15, 0.2) is 5.76 Å². The second-order valence-corrected chi connectivity index (χ2v) is 4.30. The van der Waals surface area contributed by atoms with Crippen LogP contribution in [0.4, 0.5) is 5.69 Å². The SMILES string of the molecule is NC(=O)CN(Cc1ccccc1N)C(=O)c1ccco1. The maximum absolute atomic E-state index is 12.2. The van der Waals surface area contributed by atoms with Crippen molar-refractivity contribution >= 4 is 17.5 Å². The van der Waals surface area contributed by atoms with Crippen molar-refractivity contribution in [1.29, 1.82) is 0 Å². The minimum absolute atomic E-state index is 0.153. The molecule has 0 aliphatic carbocycles. The molecule has 4 N–H and O–H groups in total. The smallest absolute Gasteiger partial charge is 0.290 e. The number of primary amides is 1. The van der Waals surface area contributed by atoms with E-state index in [2.05, 4.69) is 0 Å². The number of amides is 2. The molecule has 104 valence electrons. The fourth-order valence-corrected chi connectivity index (χ4v) is 1.83. The number of anilines is 1. The van der Waals surface area contributed by atoms with E-state index in [1.165, 1.54) is 17.2 Å². The molecule has 0 unspecified atom stereocenters. The first-order valence-corrected chi connectivity index (χ1v) is 6.02. The van der Waals surface area contributed by atoms with Gasteiger partial charge in [-0.05, 0) is 23.8 Å². The zero-order valence-corrected chi connectivity index (χ0v) is 10.8. The number of carbonyl (C=O) groups excluding carboxylic acids is 2. The van der Waals surface area contributed by atoms with Gasteiger partial charge in [-0.25, -0.2) is 0 Å². The molecule has 6 heteroatoms. The Morgan fingerprint density at radius 3 is 2.50 bits per heavy atom. The van der Waals surface area contributed by atoms with E-state index in [9.17, 15) is 9.59 Å². The lowest BCUT2D eigenvalue weighted by molar-refractivity contribution is -0.118. The Balaban J connectivity index is 2.22. The summed E-state index contributed by atoms with van der Waals surface area (Å²) in [6, 6.07) is 10.3. The van der Waals surface area contributed by atoms with Crippen LogP contribution in [-0.4, -0.2) is 23.3 Å². The number of para-hydroxylation sites is 1. The number of hydrogen-bond acceptors (Lipinski definition) is 4. The highest BCUT2D eigenvalue weighted by molar-refractivity contribution is 5.94. The minimum Gasteiger partial charge on any atom is -0.459 e. The first-order chi connectivity index (χ1) is 9.58. The van der Waals surface area contributed by atoms with Gasteiger partial charge in [-0.15, -0.1) is 0 Å². The van der Waals surface area contributed by atoms with Crippen LogP contribution in [0.5, 0.6) is 0 Å². The predicted molar refractivity (Wildman–Crippen MR) is 73.5 cm³/mol. The quantitative estimate of drug-likeness (QED) is 0.793. The fraction of sp³-hybridized carbons (Fsp3) is 0.143. The Bertz CT molecular complexity index is 608. The number of benzene rings is 1. The monoisotopic (exact) mass is 273 g/mol. The van der Waals surface area contributed by atoms with Gasteiger partial charge in [0.1, 0.15) is 6.54 Å². The number of rotatable bonds is 5. The second-order valence-electron chi connectivity index (χ2n) is 4.30. The van der Waals surface area contributed by atoms with Crippen LogP contribution in [0.15, 0.2) is 47.1 Å². The predicted octanol–water partition coefficient (Wildman–Crippen LogP) is 0.989. The van der Waals surface area contributed by atoms with Gasteiger partial charge in [0.05, 0.1) is 6.26 Å². The fourth-order valence-electron chi connectivity index (χ4n) is 1.83. The van der Waals surface area contributed by atoms with Crippen molar-refractivity contribution in [3.05, 3.63) is 54.0 Å². The van der Waals surface area contributed by atoms with Gasteiger partial charge in [0.2, 0.25) is 5.91 Å². The first kappa shape index (κ1) is 13.7. The van der Waals surface area contributed by atoms with Crippen LogP contribution >= 0.6 is 0 Å². The Kier molecular flexibility index (Phi) is 4.05. The third-order valence-electron chi connectivity index (χ3n) is 2.78. The summed E-state index contributed by atoms with van der Waals surface area (Å²) >= 11 is 0. The molecular weight excluding hydrogens is 258 g/mol. The Morgan fingerprint density at radius 1 is 1.15 bits per heavy atom. The average molecular weight is 273 g/mol. The number of furan rings is 1. The summed E-state index contributed by atoms with van der Waals surface area (Å²) in [6.45, 7) is -0.0109. The molecule has 0 spiro atoms. The molecule has 0 aliphatic heterocycles. The van der Waals surface area contributed by atoms with Gasteiger partial charge in [-0.1, -0.05) is 18.2 Å². The molecule has 2 aromatic rings. The van der Waals surface area contributed by atoms with Gasteiger partial charge in [0.25, 0.3) is 5.91 Å². The maximum Gasteiger partial charge on any atom is 0.290 e. The van der Waals surface area contributed by atoms with Crippen LogP contribution in [0.25, 0.3) is 0 Å². The lowest BCUT2D eigenvalue weighted by Crippen LogP contribution is -2.38. The number of nitrogen functional groups attached to an aromatic ring is 1. The molecule has 1 aromatic heterocycles. The molecule has 0 atom stereocenters. The van der Waals surface area contributed by atoms with Gasteiger partial charge in [0, 0.05) is 12.2 Å². The number of nitrogens with two attached hydrogens (primary N) is 2. The minimum atomic E-state index is -0.598. The summed E-state index contributed by atoms with van der Waals surface area (Å²) in [5.74, 6) is -0.850. The van der Waals surface area contributed by atoms with Gasteiger partial charge >= 0.3 is 0 Å². The van der Waals surface area contributed by atoms with Crippen LogP contribution in [0.1, 0.15) is 16.1 Å². The zero-order chi connectivity index (χ0) is 14.5. The molecule has 2 rings (SSSR count). The molecule has 1 aromatic carbocycles. The van der Waals surface area contributed by atoms with Crippen molar-refractivity contribution in [2.45, 2.75) is 6.54 Å². The van der Waals surface area contributed by atoms with E-state index in [0.717, 1.165) is 5.56 Å². The molecule has 0 radical (unpaired) electrons. The highest BCUT2D eigenvalue weighted by Gasteiger charge is 2.20. The number of carbonyl (C=O) groups is 2. The molecule has 0 aliphatic rings. The standard InChI is InChI=1S/C14H15N3O3/c15-11-5-2-1-4-10(11)8-17(9-13(16)18)14(19)12-6-3-7-20-12/h1-7H,8-9,15H2,(H2,16,18). The Morgan fingerprint density at radius 2 is 1.90 bits per heavy atom. The normalized spacial score (nSPS) is 10.2.